The Labute approximate surface area is 192 Å². The second-order valence-corrected chi connectivity index (χ2v) is 8.65. The number of benzene rings is 3. The molecule has 0 bridgehead atoms. The van der Waals surface area contributed by atoms with Gasteiger partial charge >= 0.3 is 0 Å². The zero-order valence-corrected chi connectivity index (χ0v) is 19.1. The fourth-order valence-electron chi connectivity index (χ4n) is 3.56. The first-order chi connectivity index (χ1) is 15.5. The Morgan fingerprint density at radius 2 is 1.81 bits per heavy atom. The third kappa shape index (κ3) is 4.50. The van der Waals surface area contributed by atoms with Gasteiger partial charge in [0, 0.05) is 0 Å². The summed E-state index contributed by atoms with van der Waals surface area (Å²) in [6.07, 6.45) is 2.68. The predicted octanol–water partition coefficient (Wildman–Crippen LogP) is 6.26. The van der Waals surface area contributed by atoms with Crippen molar-refractivity contribution in [1.82, 2.24) is 4.90 Å². The van der Waals surface area contributed by atoms with E-state index in [2.05, 4.69) is 6.92 Å². The van der Waals surface area contributed by atoms with Crippen molar-refractivity contribution in [3.63, 3.8) is 0 Å². The van der Waals surface area contributed by atoms with Crippen LogP contribution in [0.4, 0.5) is 4.79 Å². The minimum Gasteiger partial charge on any atom is -0.493 e. The van der Waals surface area contributed by atoms with E-state index >= 15 is 0 Å². The number of ether oxygens (including phenoxy) is 2. The van der Waals surface area contributed by atoms with Gasteiger partial charge in [-0.25, -0.2) is 0 Å². The van der Waals surface area contributed by atoms with Crippen molar-refractivity contribution < 1.29 is 19.1 Å². The smallest absolute Gasteiger partial charge is 0.293 e. The molecule has 1 fully saturated rings. The number of carbonyl (C=O) groups excluding carboxylic acids is 2. The molecule has 1 saturated heterocycles. The molecule has 0 aromatic heterocycles. The van der Waals surface area contributed by atoms with Crippen LogP contribution in [0, 0.1) is 0 Å². The first-order valence-electron chi connectivity index (χ1n) is 10.6. The van der Waals surface area contributed by atoms with E-state index in [1.54, 1.807) is 13.2 Å². The number of hydrogen-bond donors (Lipinski definition) is 0. The summed E-state index contributed by atoms with van der Waals surface area (Å²) in [5.41, 5.74) is 1.72. The van der Waals surface area contributed by atoms with E-state index in [0.717, 1.165) is 40.1 Å². The lowest BCUT2D eigenvalue weighted by atomic mass is 10.0. The maximum absolute atomic E-state index is 13.0. The third-order valence-corrected chi connectivity index (χ3v) is 6.38. The Morgan fingerprint density at radius 1 is 1.03 bits per heavy atom. The van der Waals surface area contributed by atoms with E-state index in [1.807, 2.05) is 67.6 Å². The molecule has 4 rings (SSSR count). The fraction of sp³-hybridized carbons (Fsp3) is 0.231. The van der Waals surface area contributed by atoms with Gasteiger partial charge in [0.15, 0.2) is 11.5 Å². The molecule has 0 radical (unpaired) electrons. The van der Waals surface area contributed by atoms with Crippen LogP contribution in [0.3, 0.4) is 0 Å². The van der Waals surface area contributed by atoms with Gasteiger partial charge in [-0.3, -0.25) is 14.5 Å². The second-order valence-electron chi connectivity index (χ2n) is 7.65. The van der Waals surface area contributed by atoms with Crippen molar-refractivity contribution in [1.29, 1.82) is 0 Å². The zero-order chi connectivity index (χ0) is 22.7. The van der Waals surface area contributed by atoms with Crippen molar-refractivity contribution in [2.24, 2.45) is 0 Å². The summed E-state index contributed by atoms with van der Waals surface area (Å²) in [4.78, 5) is 27.4. The Hall–Kier alpha value is -3.25. The molecule has 1 aliphatic rings. The van der Waals surface area contributed by atoms with E-state index in [9.17, 15) is 9.59 Å². The highest BCUT2D eigenvalue weighted by atomic mass is 32.2. The van der Waals surface area contributed by atoms with Gasteiger partial charge in [0.1, 0.15) is 0 Å². The molecule has 2 amide bonds. The number of rotatable bonds is 7. The SMILES string of the molecule is CC[C@H](C)Oc1ccc(/C=C2\SC(=O)N(Cc3cccc4ccccc34)C2=O)cc1OC. The van der Waals surface area contributed by atoms with Crippen molar-refractivity contribution >= 4 is 39.8 Å². The van der Waals surface area contributed by atoms with Crippen LogP contribution >= 0.6 is 11.8 Å². The van der Waals surface area contributed by atoms with E-state index in [4.69, 9.17) is 9.47 Å². The number of imide groups is 1. The van der Waals surface area contributed by atoms with Gasteiger partial charge in [-0.05, 0) is 65.2 Å². The molecule has 1 heterocycles. The number of nitrogens with zero attached hydrogens (tertiary/aromatic N) is 1. The molecular formula is C26H25NO4S. The summed E-state index contributed by atoms with van der Waals surface area (Å²) in [6.45, 7) is 4.30. The number of methoxy groups -OCH3 is 1. The van der Waals surface area contributed by atoms with Crippen molar-refractivity contribution in [2.75, 3.05) is 7.11 Å². The topological polar surface area (TPSA) is 55.8 Å². The van der Waals surface area contributed by atoms with Gasteiger partial charge in [-0.1, -0.05) is 55.5 Å². The molecule has 0 N–H and O–H groups in total. The van der Waals surface area contributed by atoms with Crippen LogP contribution in [-0.4, -0.2) is 29.3 Å². The Balaban J connectivity index is 1.57. The maximum Gasteiger partial charge on any atom is 0.293 e. The summed E-state index contributed by atoms with van der Waals surface area (Å²) in [5.74, 6) is 0.962. The lowest BCUT2D eigenvalue weighted by Crippen LogP contribution is -2.27. The molecule has 1 atom stereocenters. The monoisotopic (exact) mass is 447 g/mol. The lowest BCUT2D eigenvalue weighted by molar-refractivity contribution is -0.123. The van der Waals surface area contributed by atoms with Crippen LogP contribution in [0.1, 0.15) is 31.4 Å². The van der Waals surface area contributed by atoms with Crippen LogP contribution in [0.15, 0.2) is 65.6 Å². The predicted molar refractivity (Wildman–Crippen MR) is 129 cm³/mol. The van der Waals surface area contributed by atoms with Crippen LogP contribution in [0.5, 0.6) is 11.5 Å². The molecular weight excluding hydrogens is 422 g/mol. The quantitative estimate of drug-likeness (QED) is 0.400. The fourth-order valence-corrected chi connectivity index (χ4v) is 4.40. The Morgan fingerprint density at radius 3 is 2.59 bits per heavy atom. The van der Waals surface area contributed by atoms with Gasteiger partial charge < -0.3 is 9.47 Å². The molecule has 164 valence electrons. The Kier molecular flexibility index (Phi) is 6.51. The average Bonchev–Trinajstić information content (AvgIpc) is 3.07. The molecule has 5 nitrogen and oxygen atoms in total. The number of hydrogen-bond acceptors (Lipinski definition) is 5. The maximum atomic E-state index is 13.0. The van der Waals surface area contributed by atoms with Gasteiger partial charge in [-0.15, -0.1) is 0 Å². The third-order valence-electron chi connectivity index (χ3n) is 5.47. The number of carbonyl (C=O) groups is 2. The molecule has 6 heteroatoms. The molecule has 0 unspecified atom stereocenters. The van der Waals surface area contributed by atoms with E-state index in [-0.39, 0.29) is 23.8 Å². The molecule has 1 aliphatic heterocycles. The molecule has 32 heavy (non-hydrogen) atoms. The number of amides is 2. The molecule has 0 saturated carbocycles. The average molecular weight is 448 g/mol. The standard InChI is InChI=1S/C26H25NO4S/c1-4-17(2)31-22-13-12-18(14-23(22)30-3)15-24-25(28)27(26(29)32-24)16-20-10-7-9-19-8-5-6-11-21(19)20/h5-15,17H,4,16H2,1-3H3/b24-15-/t17-/m0/s1. The molecule has 0 spiro atoms. The molecule has 3 aromatic carbocycles. The Bertz CT molecular complexity index is 1200. The van der Waals surface area contributed by atoms with Gasteiger partial charge in [0.05, 0.1) is 24.7 Å². The lowest BCUT2D eigenvalue weighted by Gasteiger charge is -2.16. The second kappa shape index (κ2) is 9.49. The summed E-state index contributed by atoms with van der Waals surface area (Å²) in [5, 5.41) is 1.86. The van der Waals surface area contributed by atoms with E-state index in [1.165, 1.54) is 4.90 Å². The summed E-state index contributed by atoms with van der Waals surface area (Å²) < 4.78 is 11.3. The normalized spacial score (nSPS) is 16.1. The van der Waals surface area contributed by atoms with Crippen LogP contribution in [0.2, 0.25) is 0 Å². The highest BCUT2D eigenvalue weighted by Crippen LogP contribution is 2.36. The largest absolute Gasteiger partial charge is 0.493 e. The van der Waals surface area contributed by atoms with Crippen molar-refractivity contribution in [2.45, 2.75) is 32.9 Å². The minimum absolute atomic E-state index is 0.0697. The van der Waals surface area contributed by atoms with E-state index in [0.29, 0.717) is 16.4 Å². The van der Waals surface area contributed by atoms with Gasteiger partial charge in [0.2, 0.25) is 0 Å². The summed E-state index contributed by atoms with van der Waals surface area (Å²) in [6, 6.07) is 19.4. The van der Waals surface area contributed by atoms with Crippen molar-refractivity contribution in [3.05, 3.63) is 76.7 Å². The first kappa shape index (κ1) is 22.0. The summed E-state index contributed by atoms with van der Waals surface area (Å²) in [7, 11) is 1.58. The van der Waals surface area contributed by atoms with E-state index < -0.39 is 0 Å². The van der Waals surface area contributed by atoms with Gasteiger partial charge in [-0.2, -0.15) is 0 Å². The molecule has 0 aliphatic carbocycles. The molecule has 3 aromatic rings. The zero-order valence-electron chi connectivity index (χ0n) is 18.3. The van der Waals surface area contributed by atoms with Crippen molar-refractivity contribution in [3.8, 4) is 11.5 Å². The van der Waals surface area contributed by atoms with Crippen LogP contribution in [-0.2, 0) is 11.3 Å². The summed E-state index contributed by atoms with van der Waals surface area (Å²) >= 11 is 0.960. The highest BCUT2D eigenvalue weighted by molar-refractivity contribution is 8.18. The van der Waals surface area contributed by atoms with Crippen LogP contribution < -0.4 is 9.47 Å². The number of thioether (sulfide) groups is 1. The first-order valence-corrected chi connectivity index (χ1v) is 11.4. The van der Waals surface area contributed by atoms with Gasteiger partial charge in [0.25, 0.3) is 11.1 Å². The highest BCUT2D eigenvalue weighted by Gasteiger charge is 2.35. The number of fused-ring (bicyclic) bond motifs is 1. The minimum atomic E-state index is -0.285. The van der Waals surface area contributed by atoms with Crippen LogP contribution in [0.25, 0.3) is 16.8 Å².